The van der Waals surface area contributed by atoms with Gasteiger partial charge in [-0.2, -0.15) is 0 Å². The molecule has 0 spiro atoms. The Hall–Kier alpha value is -2.29. The van der Waals surface area contributed by atoms with Crippen molar-refractivity contribution in [1.82, 2.24) is 25.3 Å². The second-order valence-corrected chi connectivity index (χ2v) is 11.9. The number of likely N-dealkylation sites (tertiary alicyclic amines) is 2. The van der Waals surface area contributed by atoms with Crippen LogP contribution in [0.1, 0.15) is 94.7 Å². The van der Waals surface area contributed by atoms with Crippen molar-refractivity contribution in [2.45, 2.75) is 95.6 Å². The number of fused-ring (bicyclic) bond motifs is 1. The zero-order valence-electron chi connectivity index (χ0n) is 21.2. The number of carbonyl (C=O) groups is 3. The highest BCUT2D eigenvalue weighted by Gasteiger charge is 2.49. The molecular formula is C27H39N5O4. The van der Waals surface area contributed by atoms with Gasteiger partial charge < -0.3 is 9.32 Å². The van der Waals surface area contributed by atoms with Gasteiger partial charge >= 0.3 is 0 Å². The van der Waals surface area contributed by atoms with Crippen molar-refractivity contribution in [2.24, 2.45) is 23.7 Å². The van der Waals surface area contributed by atoms with Crippen LogP contribution in [-0.4, -0.2) is 63.4 Å². The maximum Gasteiger partial charge on any atom is 0.249 e. The van der Waals surface area contributed by atoms with Crippen molar-refractivity contribution in [2.75, 3.05) is 19.6 Å². The molecule has 0 radical (unpaired) electrons. The summed E-state index contributed by atoms with van der Waals surface area (Å²) in [6, 6.07) is -0.467. The molecule has 196 valence electrons. The van der Waals surface area contributed by atoms with E-state index in [0.717, 1.165) is 50.7 Å². The van der Waals surface area contributed by atoms with Crippen LogP contribution in [0.3, 0.4) is 0 Å². The molecule has 0 aromatic carbocycles. The van der Waals surface area contributed by atoms with E-state index in [2.05, 4.69) is 20.4 Å². The maximum absolute atomic E-state index is 13.1. The molecule has 4 atom stereocenters. The predicted molar refractivity (Wildman–Crippen MR) is 130 cm³/mol. The molecule has 2 aliphatic carbocycles. The van der Waals surface area contributed by atoms with Crippen molar-refractivity contribution < 1.29 is 18.8 Å². The zero-order valence-corrected chi connectivity index (χ0v) is 21.2. The van der Waals surface area contributed by atoms with E-state index in [9.17, 15) is 14.4 Å². The summed E-state index contributed by atoms with van der Waals surface area (Å²) in [4.78, 5) is 41.2. The summed E-state index contributed by atoms with van der Waals surface area (Å²) < 4.78 is 6.05. The van der Waals surface area contributed by atoms with E-state index in [1.165, 1.54) is 44.9 Å². The molecule has 0 bridgehead atoms. The topological polar surface area (TPSA) is 109 Å². The van der Waals surface area contributed by atoms with E-state index in [1.54, 1.807) is 4.90 Å². The Morgan fingerprint density at radius 2 is 1.67 bits per heavy atom. The van der Waals surface area contributed by atoms with Crippen LogP contribution in [0.4, 0.5) is 0 Å². The molecule has 3 saturated heterocycles. The van der Waals surface area contributed by atoms with E-state index >= 15 is 0 Å². The van der Waals surface area contributed by atoms with E-state index < -0.39 is 6.04 Å². The molecule has 5 fully saturated rings. The minimum absolute atomic E-state index is 0.0580. The van der Waals surface area contributed by atoms with Gasteiger partial charge in [-0.1, -0.05) is 19.3 Å². The number of hydrogen-bond donors (Lipinski definition) is 1. The van der Waals surface area contributed by atoms with Gasteiger partial charge in [0.15, 0.2) is 0 Å². The minimum Gasteiger partial charge on any atom is -0.424 e. The Bertz CT molecular complexity index is 981. The van der Waals surface area contributed by atoms with Gasteiger partial charge in [-0.3, -0.25) is 24.6 Å². The lowest BCUT2D eigenvalue weighted by Gasteiger charge is -2.39. The number of imide groups is 1. The second-order valence-electron chi connectivity index (χ2n) is 11.9. The molecule has 9 heteroatoms. The molecule has 36 heavy (non-hydrogen) atoms. The number of piperidine rings is 2. The van der Waals surface area contributed by atoms with Crippen molar-refractivity contribution in [3.8, 4) is 0 Å². The first-order valence-electron chi connectivity index (χ1n) is 14.2. The maximum atomic E-state index is 13.1. The number of rotatable bonds is 5. The molecule has 3 amide bonds. The van der Waals surface area contributed by atoms with E-state index in [1.807, 2.05) is 0 Å². The molecule has 2 saturated carbocycles. The van der Waals surface area contributed by atoms with Gasteiger partial charge in [-0.15, -0.1) is 10.2 Å². The molecule has 5 aliphatic rings. The SMILES string of the molecule is O=C1CCC(N2CC3CC(C4CCN(Cc5nnc(C6CCCCC6)o5)CC4)CCC3C2=O)C(=O)N1. The molecule has 4 heterocycles. The van der Waals surface area contributed by atoms with Crippen LogP contribution in [0, 0.1) is 23.7 Å². The van der Waals surface area contributed by atoms with Crippen LogP contribution in [0.15, 0.2) is 4.42 Å². The quantitative estimate of drug-likeness (QED) is 0.623. The average Bonchev–Trinajstić information content (AvgIpc) is 3.49. The summed E-state index contributed by atoms with van der Waals surface area (Å²) in [6.07, 6.45) is 12.5. The Balaban J connectivity index is 0.989. The van der Waals surface area contributed by atoms with E-state index in [4.69, 9.17) is 4.42 Å². The van der Waals surface area contributed by atoms with Gasteiger partial charge in [0.05, 0.1) is 6.54 Å². The van der Waals surface area contributed by atoms with Gasteiger partial charge in [0, 0.05) is 24.8 Å². The lowest BCUT2D eigenvalue weighted by molar-refractivity contribution is -0.144. The first-order chi connectivity index (χ1) is 17.5. The van der Waals surface area contributed by atoms with Gasteiger partial charge in [0.1, 0.15) is 6.04 Å². The summed E-state index contributed by atoms with van der Waals surface area (Å²) in [5.41, 5.74) is 0. The monoisotopic (exact) mass is 497 g/mol. The zero-order chi connectivity index (χ0) is 24.6. The minimum atomic E-state index is -0.467. The number of amides is 3. The Labute approximate surface area is 212 Å². The summed E-state index contributed by atoms with van der Waals surface area (Å²) in [7, 11) is 0. The molecule has 9 nitrogen and oxygen atoms in total. The summed E-state index contributed by atoms with van der Waals surface area (Å²) >= 11 is 0. The number of carbonyl (C=O) groups excluding carboxylic acids is 3. The normalized spacial score (nSPS) is 33.1. The Kier molecular flexibility index (Phi) is 6.84. The predicted octanol–water partition coefficient (Wildman–Crippen LogP) is 3.01. The molecule has 1 N–H and O–H groups in total. The lowest BCUT2D eigenvalue weighted by atomic mass is 9.69. The average molecular weight is 498 g/mol. The third-order valence-corrected chi connectivity index (χ3v) is 9.74. The van der Waals surface area contributed by atoms with Crippen LogP contribution in [-0.2, 0) is 20.9 Å². The second kappa shape index (κ2) is 10.2. The summed E-state index contributed by atoms with van der Waals surface area (Å²) in [5, 5.41) is 11.1. The fraction of sp³-hybridized carbons (Fsp3) is 0.815. The van der Waals surface area contributed by atoms with E-state index in [-0.39, 0.29) is 23.6 Å². The fourth-order valence-corrected chi connectivity index (χ4v) is 7.69. The highest BCUT2D eigenvalue weighted by molar-refractivity contribution is 6.02. The van der Waals surface area contributed by atoms with Gasteiger partial charge in [-0.05, 0) is 82.2 Å². The van der Waals surface area contributed by atoms with Crippen molar-refractivity contribution in [1.29, 1.82) is 0 Å². The van der Waals surface area contributed by atoms with Crippen molar-refractivity contribution in [3.63, 3.8) is 0 Å². The summed E-state index contributed by atoms with van der Waals surface area (Å²) in [5.74, 6) is 3.42. The lowest BCUT2D eigenvalue weighted by Crippen LogP contribution is -2.53. The molecular weight excluding hydrogens is 458 g/mol. The Morgan fingerprint density at radius 1 is 0.861 bits per heavy atom. The first-order valence-corrected chi connectivity index (χ1v) is 14.2. The number of hydrogen-bond acceptors (Lipinski definition) is 7. The number of nitrogens with zero attached hydrogens (tertiary/aromatic N) is 4. The molecule has 3 aliphatic heterocycles. The largest absolute Gasteiger partial charge is 0.424 e. The smallest absolute Gasteiger partial charge is 0.249 e. The third-order valence-electron chi connectivity index (χ3n) is 9.74. The number of nitrogens with one attached hydrogen (secondary N) is 1. The molecule has 1 aromatic rings. The van der Waals surface area contributed by atoms with Crippen LogP contribution >= 0.6 is 0 Å². The number of aromatic nitrogens is 2. The van der Waals surface area contributed by atoms with Crippen LogP contribution in [0.2, 0.25) is 0 Å². The third kappa shape index (κ3) is 4.83. The highest BCUT2D eigenvalue weighted by atomic mass is 16.4. The van der Waals surface area contributed by atoms with Gasteiger partial charge in [0.25, 0.3) is 0 Å². The van der Waals surface area contributed by atoms with Crippen molar-refractivity contribution in [3.05, 3.63) is 11.8 Å². The first kappa shape index (κ1) is 24.1. The Morgan fingerprint density at radius 3 is 2.44 bits per heavy atom. The van der Waals surface area contributed by atoms with E-state index in [0.29, 0.717) is 43.1 Å². The highest BCUT2D eigenvalue weighted by Crippen LogP contribution is 2.45. The molecule has 4 unspecified atom stereocenters. The molecule has 1 aromatic heterocycles. The van der Waals surface area contributed by atoms with Crippen LogP contribution in [0.25, 0.3) is 0 Å². The standard InChI is InChI=1S/C27H39N5O4/c33-23-9-8-22(25(34)28-23)32-15-20-14-19(6-7-21(20)27(32)35)17-10-12-31(13-11-17)16-24-29-30-26(36-24)18-4-2-1-3-5-18/h17-22H,1-16H2,(H,28,33,34). The fourth-order valence-electron chi connectivity index (χ4n) is 7.69. The van der Waals surface area contributed by atoms with Crippen molar-refractivity contribution >= 4 is 17.7 Å². The van der Waals surface area contributed by atoms with Gasteiger partial charge in [0.2, 0.25) is 29.5 Å². The van der Waals surface area contributed by atoms with Gasteiger partial charge in [-0.25, -0.2) is 0 Å². The summed E-state index contributed by atoms with van der Waals surface area (Å²) in [6.45, 7) is 3.53. The van der Waals surface area contributed by atoms with Crippen LogP contribution < -0.4 is 5.32 Å². The molecule has 6 rings (SSSR count). The van der Waals surface area contributed by atoms with Crippen LogP contribution in [0.5, 0.6) is 0 Å².